The molecule has 4 rings (SSSR count). The second-order valence-electron chi connectivity index (χ2n) is 9.45. The molecule has 3 heterocycles. The summed E-state index contributed by atoms with van der Waals surface area (Å²) in [5.74, 6) is -0.595. The van der Waals surface area contributed by atoms with Gasteiger partial charge in [0.15, 0.2) is 15.7 Å². The number of sulfone groups is 1. The predicted octanol–water partition coefficient (Wildman–Crippen LogP) is 4.24. The summed E-state index contributed by atoms with van der Waals surface area (Å²) in [7, 11) is -3.35. The first kappa shape index (κ1) is 26.4. The normalized spacial score (nSPS) is 23.8. The lowest BCUT2D eigenvalue weighted by Crippen LogP contribution is -2.40. The minimum atomic E-state index is -3.35. The summed E-state index contributed by atoms with van der Waals surface area (Å²) in [6.45, 7) is 5.51. The number of carbonyl (C=O) groups excluding carboxylic acids is 2. The molecule has 2 aromatic rings. The van der Waals surface area contributed by atoms with Crippen LogP contribution in [-0.4, -0.2) is 41.5 Å². The van der Waals surface area contributed by atoms with Crippen molar-refractivity contribution < 1.29 is 18.0 Å². The van der Waals surface area contributed by atoms with Crippen molar-refractivity contribution >= 4 is 44.5 Å². The van der Waals surface area contributed by atoms with Gasteiger partial charge in [-0.25, -0.2) is 13.4 Å². The molecule has 3 atom stereocenters. The summed E-state index contributed by atoms with van der Waals surface area (Å²) >= 11 is 6.44. The van der Waals surface area contributed by atoms with Crippen LogP contribution in [0.3, 0.4) is 0 Å². The SMILES string of the molecule is CCc1cc2c(nc1Cl)CC(C1CCCC1=O)C(C)C(=O)C(=NCc1ccc(S(=O)(=O)CC)cn1)N2. The monoisotopic (exact) mass is 530 g/mol. The van der Waals surface area contributed by atoms with Crippen molar-refractivity contribution in [3.63, 3.8) is 0 Å². The first-order chi connectivity index (χ1) is 17.1. The van der Waals surface area contributed by atoms with Crippen LogP contribution in [0, 0.1) is 17.8 Å². The number of aryl methyl sites for hydroxylation is 1. The fraction of sp³-hybridized carbons (Fsp3) is 0.500. The zero-order valence-electron chi connectivity index (χ0n) is 20.8. The number of aliphatic imine (C=N–C) groups is 1. The number of hydrogen-bond donors (Lipinski definition) is 1. The van der Waals surface area contributed by atoms with Crippen molar-refractivity contribution in [1.82, 2.24) is 9.97 Å². The van der Waals surface area contributed by atoms with E-state index in [2.05, 4.69) is 20.3 Å². The highest BCUT2D eigenvalue weighted by Gasteiger charge is 2.40. The van der Waals surface area contributed by atoms with Crippen LogP contribution in [0.4, 0.5) is 5.69 Å². The number of ketones is 2. The largest absolute Gasteiger partial charge is 0.336 e. The molecule has 0 radical (unpaired) electrons. The first-order valence-electron chi connectivity index (χ1n) is 12.4. The highest BCUT2D eigenvalue weighted by molar-refractivity contribution is 7.91. The number of carbonyl (C=O) groups is 2. The number of halogens is 1. The molecule has 1 aliphatic heterocycles. The van der Waals surface area contributed by atoms with Gasteiger partial charge < -0.3 is 5.32 Å². The van der Waals surface area contributed by atoms with Crippen molar-refractivity contribution in [2.45, 2.75) is 64.3 Å². The van der Waals surface area contributed by atoms with E-state index in [1.807, 2.05) is 19.9 Å². The summed E-state index contributed by atoms with van der Waals surface area (Å²) in [4.78, 5) is 39.8. The lowest BCUT2D eigenvalue weighted by Gasteiger charge is -2.31. The van der Waals surface area contributed by atoms with E-state index in [9.17, 15) is 18.0 Å². The molecule has 8 nitrogen and oxygen atoms in total. The third kappa shape index (κ3) is 5.37. The average molecular weight is 531 g/mol. The quantitative estimate of drug-likeness (QED) is 0.555. The number of nitrogens with one attached hydrogen (secondary N) is 1. The van der Waals surface area contributed by atoms with Crippen LogP contribution >= 0.6 is 11.6 Å². The van der Waals surface area contributed by atoms with Gasteiger partial charge in [0.2, 0.25) is 5.78 Å². The standard InChI is InChI=1S/C26H31ClN4O4S/c1-4-16-11-21-22(30-25(16)27)12-20(19-7-6-8-23(19)32)15(3)24(33)26(31-21)29-13-17-9-10-18(14-28-17)36(34,35)5-2/h9-11,14-15,19-20H,4-8,12-13H2,1-3H3,(H,29,31). The van der Waals surface area contributed by atoms with Crippen molar-refractivity contribution in [1.29, 1.82) is 0 Å². The molecule has 2 aromatic heterocycles. The van der Waals surface area contributed by atoms with Crippen molar-refractivity contribution in [2.24, 2.45) is 22.7 Å². The molecule has 3 unspecified atom stereocenters. The Labute approximate surface area is 216 Å². The maximum Gasteiger partial charge on any atom is 0.200 e. The molecule has 0 aromatic carbocycles. The maximum atomic E-state index is 13.6. The molecule has 2 aliphatic rings. The van der Waals surface area contributed by atoms with Gasteiger partial charge in [0.25, 0.3) is 0 Å². The third-order valence-corrected chi connectivity index (χ3v) is 9.33. The number of rotatable bonds is 6. The van der Waals surface area contributed by atoms with Gasteiger partial charge in [-0.05, 0) is 55.4 Å². The second-order valence-corrected chi connectivity index (χ2v) is 12.1. The first-order valence-corrected chi connectivity index (χ1v) is 14.4. The Morgan fingerprint density at radius 2 is 2.00 bits per heavy atom. The number of aromatic nitrogens is 2. The van der Waals surface area contributed by atoms with Gasteiger partial charge in [-0.15, -0.1) is 0 Å². The van der Waals surface area contributed by atoms with Gasteiger partial charge in [-0.3, -0.25) is 19.6 Å². The topological polar surface area (TPSA) is 118 Å². The Morgan fingerprint density at radius 3 is 2.61 bits per heavy atom. The minimum Gasteiger partial charge on any atom is -0.336 e. The second kappa shape index (κ2) is 10.8. The number of nitrogens with zero attached hydrogens (tertiary/aromatic N) is 3. The molecule has 192 valence electrons. The summed E-state index contributed by atoms with van der Waals surface area (Å²) in [6, 6.07) is 5.02. The van der Waals surface area contributed by atoms with Gasteiger partial charge in [-0.1, -0.05) is 32.4 Å². The molecular formula is C26H31ClN4O4S. The lowest BCUT2D eigenvalue weighted by molar-refractivity contribution is -0.124. The molecule has 1 fully saturated rings. The summed E-state index contributed by atoms with van der Waals surface area (Å²) < 4.78 is 24.1. The third-order valence-electron chi connectivity index (χ3n) is 7.28. The molecule has 0 amide bonds. The van der Waals surface area contributed by atoms with Crippen molar-refractivity contribution in [3.8, 4) is 0 Å². The zero-order chi connectivity index (χ0) is 26.0. The lowest BCUT2D eigenvalue weighted by atomic mass is 9.75. The Balaban J connectivity index is 1.70. The van der Waals surface area contributed by atoms with Gasteiger partial charge >= 0.3 is 0 Å². The number of pyridine rings is 2. The van der Waals surface area contributed by atoms with Gasteiger partial charge in [-0.2, -0.15) is 0 Å². The Kier molecular flexibility index (Phi) is 7.90. The van der Waals surface area contributed by atoms with Crippen LogP contribution in [0.1, 0.15) is 57.0 Å². The van der Waals surface area contributed by atoms with Crippen LogP contribution in [0.5, 0.6) is 0 Å². The number of Topliss-reactive ketones (excluding diaryl/α,β-unsaturated/α-hetero) is 2. The molecule has 36 heavy (non-hydrogen) atoms. The van der Waals surface area contributed by atoms with Crippen molar-refractivity contribution in [3.05, 3.63) is 46.5 Å². The van der Waals surface area contributed by atoms with Gasteiger partial charge in [0.05, 0.1) is 34.3 Å². The summed E-state index contributed by atoms with van der Waals surface area (Å²) in [5.41, 5.74) is 2.78. The van der Waals surface area contributed by atoms with E-state index in [0.29, 0.717) is 35.8 Å². The van der Waals surface area contributed by atoms with E-state index < -0.39 is 15.8 Å². The van der Waals surface area contributed by atoms with E-state index in [-0.39, 0.29) is 46.4 Å². The molecule has 0 saturated heterocycles. The fourth-order valence-corrected chi connectivity index (χ4v) is 6.11. The van der Waals surface area contributed by atoms with Crippen LogP contribution in [0.25, 0.3) is 0 Å². The minimum absolute atomic E-state index is 0.00545. The van der Waals surface area contributed by atoms with E-state index >= 15 is 0 Å². The Bertz CT molecular complexity index is 1310. The smallest absolute Gasteiger partial charge is 0.200 e. The van der Waals surface area contributed by atoms with Gasteiger partial charge in [0.1, 0.15) is 10.9 Å². The summed E-state index contributed by atoms with van der Waals surface area (Å²) in [6.07, 6.45) is 4.64. The zero-order valence-corrected chi connectivity index (χ0v) is 22.3. The number of amidine groups is 1. The molecular weight excluding hydrogens is 500 g/mol. The van der Waals surface area contributed by atoms with Crippen LogP contribution in [0.2, 0.25) is 5.15 Å². The number of hydrogen-bond acceptors (Lipinski definition) is 7. The average Bonchev–Trinajstić information content (AvgIpc) is 3.30. The maximum absolute atomic E-state index is 13.6. The number of fused-ring (bicyclic) bond motifs is 1. The van der Waals surface area contributed by atoms with E-state index in [4.69, 9.17) is 11.6 Å². The number of anilines is 1. The van der Waals surface area contributed by atoms with Crippen LogP contribution < -0.4 is 5.32 Å². The van der Waals surface area contributed by atoms with Crippen molar-refractivity contribution in [2.75, 3.05) is 11.1 Å². The molecule has 10 heteroatoms. The predicted molar refractivity (Wildman–Crippen MR) is 139 cm³/mol. The van der Waals surface area contributed by atoms with Crippen LogP contribution in [0.15, 0.2) is 34.3 Å². The highest BCUT2D eigenvalue weighted by Crippen LogP contribution is 2.38. The molecule has 0 spiro atoms. The molecule has 1 aliphatic carbocycles. The summed E-state index contributed by atoms with van der Waals surface area (Å²) in [5, 5.41) is 3.62. The highest BCUT2D eigenvalue weighted by atomic mass is 35.5. The van der Waals surface area contributed by atoms with Gasteiger partial charge in [0, 0.05) is 24.5 Å². The Morgan fingerprint density at radius 1 is 1.22 bits per heavy atom. The van der Waals surface area contributed by atoms with E-state index in [0.717, 1.165) is 24.1 Å². The van der Waals surface area contributed by atoms with Crippen LogP contribution in [-0.2, 0) is 38.8 Å². The molecule has 1 saturated carbocycles. The fourth-order valence-electron chi connectivity index (χ4n) is 5.00. The van der Waals surface area contributed by atoms with E-state index in [1.165, 1.54) is 12.3 Å². The Hall–Kier alpha value is -2.65. The molecule has 1 N–H and O–H groups in total. The van der Waals surface area contributed by atoms with E-state index in [1.54, 1.807) is 13.0 Å². The molecule has 0 bridgehead atoms.